The average Bonchev–Trinajstić information content (AvgIpc) is 3.59. The van der Waals surface area contributed by atoms with E-state index in [-0.39, 0.29) is 5.41 Å². The number of rotatable bonds is 5. The van der Waals surface area contributed by atoms with Crippen LogP contribution in [-0.2, 0) is 5.41 Å². The lowest BCUT2D eigenvalue weighted by Crippen LogP contribution is -2.15. The topological polar surface area (TPSA) is 0 Å². The molecule has 0 saturated carbocycles. The summed E-state index contributed by atoms with van der Waals surface area (Å²) in [5, 5.41) is 12.6. The molecule has 1 aliphatic rings. The van der Waals surface area contributed by atoms with Gasteiger partial charge < -0.3 is 0 Å². The Balaban J connectivity index is 0.955. The van der Waals surface area contributed by atoms with E-state index in [1.165, 1.54) is 132 Å². The van der Waals surface area contributed by atoms with Crippen molar-refractivity contribution in [3.8, 4) is 66.8 Å². The van der Waals surface area contributed by atoms with Crippen LogP contribution in [0.1, 0.15) is 25.0 Å². The summed E-state index contributed by atoms with van der Waals surface area (Å²) < 4.78 is 0. The third-order valence-electron chi connectivity index (χ3n) is 14.4. The molecule has 0 amide bonds. The molecule has 0 saturated heterocycles. The van der Waals surface area contributed by atoms with Gasteiger partial charge in [0.05, 0.1) is 0 Å². The van der Waals surface area contributed by atoms with Gasteiger partial charge in [-0.1, -0.05) is 196 Å². The SMILES string of the molecule is CC1(C)c2cc(-c3ccc4c(c3)cc(-c3ccc5ccccc5c3)c3cc(-c5cc6ccccc6cc5-c5ccccc5)ccc34)ccc2-c2ccc(-c3cccc4ccccc34)cc21. The van der Waals surface area contributed by atoms with Crippen LogP contribution in [0.15, 0.2) is 231 Å². The van der Waals surface area contributed by atoms with Crippen molar-refractivity contribution >= 4 is 53.9 Å². The van der Waals surface area contributed by atoms with Crippen molar-refractivity contribution in [2.75, 3.05) is 0 Å². The first-order valence-electron chi connectivity index (χ1n) is 22.8. The van der Waals surface area contributed by atoms with Crippen molar-refractivity contribution in [2.24, 2.45) is 0 Å². The van der Waals surface area contributed by atoms with Crippen LogP contribution in [0.2, 0.25) is 0 Å². The summed E-state index contributed by atoms with van der Waals surface area (Å²) in [6.45, 7) is 4.79. The van der Waals surface area contributed by atoms with Gasteiger partial charge in [-0.05, 0) is 180 Å². The zero-order valence-corrected chi connectivity index (χ0v) is 36.4. The lowest BCUT2D eigenvalue weighted by atomic mass is 9.80. The second-order valence-corrected chi connectivity index (χ2v) is 18.5. The van der Waals surface area contributed by atoms with Gasteiger partial charge >= 0.3 is 0 Å². The first kappa shape index (κ1) is 37.5. The van der Waals surface area contributed by atoms with Crippen LogP contribution in [0, 0.1) is 0 Å². The van der Waals surface area contributed by atoms with E-state index in [1.54, 1.807) is 0 Å². The second-order valence-electron chi connectivity index (χ2n) is 18.5. The number of hydrogen-bond acceptors (Lipinski definition) is 0. The lowest BCUT2D eigenvalue weighted by Gasteiger charge is -2.23. The summed E-state index contributed by atoms with van der Waals surface area (Å²) >= 11 is 0. The number of hydrogen-bond donors (Lipinski definition) is 0. The molecule has 12 aromatic carbocycles. The summed E-state index contributed by atoms with van der Waals surface area (Å²) in [4.78, 5) is 0. The van der Waals surface area contributed by atoms with E-state index in [9.17, 15) is 0 Å². The summed E-state index contributed by atoms with van der Waals surface area (Å²) in [5.41, 5.74) is 17.7. The molecule has 0 spiro atoms. The highest BCUT2D eigenvalue weighted by Crippen LogP contribution is 2.51. The Hall–Kier alpha value is -8.06. The summed E-state index contributed by atoms with van der Waals surface area (Å²) in [5.74, 6) is 0. The van der Waals surface area contributed by atoms with Gasteiger partial charge in [0.1, 0.15) is 0 Å². The van der Waals surface area contributed by atoms with Gasteiger partial charge in [-0.25, -0.2) is 0 Å². The molecule has 0 nitrogen and oxygen atoms in total. The third-order valence-corrected chi connectivity index (χ3v) is 14.4. The molecule has 13 rings (SSSR count). The van der Waals surface area contributed by atoms with E-state index in [0.29, 0.717) is 0 Å². The largest absolute Gasteiger partial charge is 0.0622 e. The molecule has 0 bridgehead atoms. The van der Waals surface area contributed by atoms with Gasteiger partial charge in [-0.2, -0.15) is 0 Å². The molecule has 0 heterocycles. The van der Waals surface area contributed by atoms with Gasteiger partial charge in [0, 0.05) is 5.41 Å². The van der Waals surface area contributed by atoms with Gasteiger partial charge in [0.25, 0.3) is 0 Å². The van der Waals surface area contributed by atoms with E-state index >= 15 is 0 Å². The standard InChI is InChI=1S/C65H44/c1-65(2)63-39-48(26-31-57(63)58-32-28-51(40-64(58)65)54-22-12-20-42-16-10-11-21-53(42)54)47-25-29-55-52(34-47)38-61(49-24-23-41-13-6-7-17-44(41)33-49)62-37-50(27-30-56(55)62)60-36-46-19-9-8-18-45(46)35-59(60)43-14-4-3-5-15-43/h3-40H,1-2H3. The quantitative estimate of drug-likeness (QED) is 0.152. The van der Waals surface area contributed by atoms with Crippen molar-refractivity contribution in [1.29, 1.82) is 0 Å². The summed E-state index contributed by atoms with van der Waals surface area (Å²) in [7, 11) is 0. The fourth-order valence-corrected chi connectivity index (χ4v) is 11.0. The zero-order valence-electron chi connectivity index (χ0n) is 36.4. The van der Waals surface area contributed by atoms with E-state index in [2.05, 4.69) is 244 Å². The molecule has 0 aliphatic heterocycles. The lowest BCUT2D eigenvalue weighted by molar-refractivity contribution is 0.661. The Bertz CT molecular complexity index is 3900. The highest BCUT2D eigenvalue weighted by molar-refractivity contribution is 6.16. The smallest absolute Gasteiger partial charge is 0.0159 e. The van der Waals surface area contributed by atoms with E-state index in [0.717, 1.165) is 0 Å². The Morgan fingerprint density at radius 2 is 0.708 bits per heavy atom. The molecule has 0 heteroatoms. The molecule has 65 heavy (non-hydrogen) atoms. The fraction of sp³-hybridized carbons (Fsp3) is 0.0462. The monoisotopic (exact) mass is 824 g/mol. The van der Waals surface area contributed by atoms with Crippen molar-refractivity contribution < 1.29 is 0 Å². The van der Waals surface area contributed by atoms with Crippen LogP contribution in [-0.4, -0.2) is 0 Å². The Morgan fingerprint density at radius 1 is 0.215 bits per heavy atom. The Labute approximate surface area is 379 Å². The van der Waals surface area contributed by atoms with Crippen molar-refractivity contribution in [3.05, 3.63) is 242 Å². The van der Waals surface area contributed by atoms with Crippen molar-refractivity contribution in [3.63, 3.8) is 0 Å². The van der Waals surface area contributed by atoms with Gasteiger partial charge in [0.15, 0.2) is 0 Å². The van der Waals surface area contributed by atoms with E-state index in [4.69, 9.17) is 0 Å². The molecule has 0 N–H and O–H groups in total. The Kier molecular flexibility index (Phi) is 8.36. The van der Waals surface area contributed by atoms with Crippen LogP contribution < -0.4 is 0 Å². The molecular formula is C65H44. The highest BCUT2D eigenvalue weighted by Gasteiger charge is 2.36. The molecule has 0 aromatic heterocycles. The molecule has 1 aliphatic carbocycles. The summed E-state index contributed by atoms with van der Waals surface area (Å²) in [6.07, 6.45) is 0. The molecule has 0 fully saturated rings. The van der Waals surface area contributed by atoms with Crippen LogP contribution >= 0.6 is 0 Å². The molecule has 12 aromatic rings. The molecule has 0 atom stereocenters. The third kappa shape index (κ3) is 6.06. The average molecular weight is 825 g/mol. The maximum absolute atomic E-state index is 2.46. The molecular weight excluding hydrogens is 781 g/mol. The van der Waals surface area contributed by atoms with Gasteiger partial charge in [0.2, 0.25) is 0 Å². The van der Waals surface area contributed by atoms with Gasteiger partial charge in [-0.15, -0.1) is 0 Å². The minimum atomic E-state index is -0.152. The summed E-state index contributed by atoms with van der Waals surface area (Å²) in [6, 6.07) is 86.2. The molecule has 304 valence electrons. The minimum absolute atomic E-state index is 0.152. The minimum Gasteiger partial charge on any atom is -0.0622 e. The first-order valence-corrected chi connectivity index (χ1v) is 22.8. The maximum Gasteiger partial charge on any atom is 0.0159 e. The van der Waals surface area contributed by atoms with Crippen molar-refractivity contribution in [2.45, 2.75) is 19.3 Å². The predicted octanol–water partition coefficient (Wildman–Crippen LogP) is 18.1. The normalized spacial score (nSPS) is 12.9. The van der Waals surface area contributed by atoms with E-state index < -0.39 is 0 Å². The second kappa shape index (κ2) is 14.5. The van der Waals surface area contributed by atoms with Crippen molar-refractivity contribution in [1.82, 2.24) is 0 Å². The number of benzene rings is 12. The fourth-order valence-electron chi connectivity index (χ4n) is 11.0. The number of fused-ring (bicyclic) bond motifs is 9. The molecule has 0 unspecified atom stereocenters. The van der Waals surface area contributed by atoms with Crippen LogP contribution in [0.4, 0.5) is 0 Å². The molecule has 0 radical (unpaired) electrons. The van der Waals surface area contributed by atoms with E-state index in [1.807, 2.05) is 0 Å². The Morgan fingerprint density at radius 3 is 1.48 bits per heavy atom. The zero-order chi connectivity index (χ0) is 43.2. The van der Waals surface area contributed by atoms with Crippen LogP contribution in [0.5, 0.6) is 0 Å². The highest BCUT2D eigenvalue weighted by atomic mass is 14.4. The predicted molar refractivity (Wildman–Crippen MR) is 279 cm³/mol. The van der Waals surface area contributed by atoms with Crippen LogP contribution in [0.3, 0.4) is 0 Å². The maximum atomic E-state index is 2.46. The van der Waals surface area contributed by atoms with Gasteiger partial charge in [-0.3, -0.25) is 0 Å². The van der Waals surface area contributed by atoms with Crippen LogP contribution in [0.25, 0.3) is 121 Å². The first-order chi connectivity index (χ1) is 31.9.